The first-order valence-corrected chi connectivity index (χ1v) is 9.24. The van der Waals surface area contributed by atoms with Crippen molar-refractivity contribution in [1.82, 2.24) is 15.1 Å². The van der Waals surface area contributed by atoms with E-state index in [-0.39, 0.29) is 5.91 Å². The Labute approximate surface area is 140 Å². The summed E-state index contributed by atoms with van der Waals surface area (Å²) >= 11 is 1.40. The normalized spacial score (nSPS) is 23.8. The van der Waals surface area contributed by atoms with E-state index in [1.807, 2.05) is 6.92 Å². The van der Waals surface area contributed by atoms with Gasteiger partial charge < -0.3 is 4.90 Å². The Hall–Kier alpha value is -1.75. The monoisotopic (exact) mass is 327 g/mol. The highest BCUT2D eigenvalue weighted by Gasteiger charge is 2.38. The van der Waals surface area contributed by atoms with E-state index in [1.165, 1.54) is 41.7 Å². The molecule has 2 aromatic rings. The molecule has 1 aliphatic carbocycles. The Kier molecular flexibility index (Phi) is 3.89. The molecule has 0 radical (unpaired) electrons. The summed E-state index contributed by atoms with van der Waals surface area (Å²) in [6.07, 6.45) is 5.76. The molecule has 120 valence electrons. The summed E-state index contributed by atoms with van der Waals surface area (Å²) in [5.41, 5.74) is 2.92. The van der Waals surface area contributed by atoms with Gasteiger partial charge in [0.15, 0.2) is 0 Å². The van der Waals surface area contributed by atoms with Crippen molar-refractivity contribution in [2.75, 3.05) is 6.54 Å². The van der Waals surface area contributed by atoms with Gasteiger partial charge in [-0.05, 0) is 50.2 Å². The number of hydrogen-bond acceptors (Lipinski definition) is 4. The average molecular weight is 327 g/mol. The van der Waals surface area contributed by atoms with Gasteiger partial charge >= 0.3 is 0 Å². The number of carbonyl (C=O) groups excluding carboxylic acids is 1. The van der Waals surface area contributed by atoms with Crippen LogP contribution < -0.4 is 0 Å². The van der Waals surface area contributed by atoms with Crippen molar-refractivity contribution in [1.29, 1.82) is 0 Å². The topological polar surface area (TPSA) is 46.1 Å². The van der Waals surface area contributed by atoms with Crippen molar-refractivity contribution in [3.05, 3.63) is 45.4 Å². The van der Waals surface area contributed by atoms with Gasteiger partial charge in [0.05, 0.1) is 0 Å². The zero-order chi connectivity index (χ0) is 15.8. The molecule has 2 atom stereocenters. The quantitative estimate of drug-likeness (QED) is 0.847. The van der Waals surface area contributed by atoms with Crippen molar-refractivity contribution < 1.29 is 4.79 Å². The fourth-order valence-electron chi connectivity index (χ4n) is 4.16. The van der Waals surface area contributed by atoms with E-state index in [0.717, 1.165) is 24.4 Å². The zero-order valence-corrected chi connectivity index (χ0v) is 14.2. The number of aromatic nitrogens is 2. The molecule has 2 unspecified atom stereocenters. The first kappa shape index (κ1) is 14.8. The third-order valence-electron chi connectivity index (χ3n) is 5.15. The van der Waals surface area contributed by atoms with E-state index in [9.17, 15) is 4.79 Å². The minimum absolute atomic E-state index is 0.0705. The zero-order valence-electron chi connectivity index (χ0n) is 13.4. The predicted molar refractivity (Wildman–Crippen MR) is 90.8 cm³/mol. The number of aryl methyl sites for hydroxylation is 2. The molecule has 5 heteroatoms. The van der Waals surface area contributed by atoms with E-state index in [0.29, 0.717) is 17.0 Å². The molecule has 4 nitrogen and oxygen atoms in total. The molecule has 0 saturated carbocycles. The highest BCUT2D eigenvalue weighted by Crippen LogP contribution is 2.40. The van der Waals surface area contributed by atoms with Gasteiger partial charge in [-0.2, -0.15) is 0 Å². The SMILES string of the molecule is Cc1nnc(C(=O)N2CCCC2C2CCCc3ccccc32)s1. The summed E-state index contributed by atoms with van der Waals surface area (Å²) in [7, 11) is 0. The van der Waals surface area contributed by atoms with E-state index >= 15 is 0 Å². The van der Waals surface area contributed by atoms with E-state index in [4.69, 9.17) is 0 Å². The van der Waals surface area contributed by atoms with Crippen molar-refractivity contribution in [3.63, 3.8) is 0 Å². The van der Waals surface area contributed by atoms with E-state index < -0.39 is 0 Å². The molecule has 2 aliphatic rings. The van der Waals surface area contributed by atoms with Crippen molar-refractivity contribution in [2.45, 2.75) is 51.0 Å². The van der Waals surface area contributed by atoms with Gasteiger partial charge in [-0.25, -0.2) is 0 Å². The number of hydrogen-bond donors (Lipinski definition) is 0. The third-order valence-corrected chi connectivity index (χ3v) is 5.98. The van der Waals surface area contributed by atoms with Gasteiger partial charge in [-0.15, -0.1) is 10.2 Å². The summed E-state index contributed by atoms with van der Waals surface area (Å²) in [5.74, 6) is 0.543. The maximum atomic E-state index is 12.9. The standard InChI is InChI=1S/C18H21N3OS/c1-12-19-20-17(23-12)18(22)21-11-5-10-16(21)15-9-4-7-13-6-2-3-8-14(13)15/h2-3,6,8,15-16H,4-5,7,9-11H2,1H3. The van der Waals surface area contributed by atoms with Crippen LogP contribution in [0.5, 0.6) is 0 Å². The van der Waals surface area contributed by atoms with Crippen LogP contribution in [0.15, 0.2) is 24.3 Å². The lowest BCUT2D eigenvalue weighted by Crippen LogP contribution is -2.40. The average Bonchev–Trinajstić information content (AvgIpc) is 3.22. The maximum absolute atomic E-state index is 12.9. The number of likely N-dealkylation sites (tertiary alicyclic amines) is 1. The Balaban J connectivity index is 1.63. The fourth-order valence-corrected chi connectivity index (χ4v) is 4.81. The van der Waals surface area contributed by atoms with Crippen molar-refractivity contribution >= 4 is 17.2 Å². The molecular weight excluding hydrogens is 306 g/mol. The number of fused-ring (bicyclic) bond motifs is 1. The molecule has 1 fully saturated rings. The molecule has 1 saturated heterocycles. The van der Waals surface area contributed by atoms with Gasteiger partial charge in [0, 0.05) is 18.5 Å². The molecule has 23 heavy (non-hydrogen) atoms. The number of rotatable bonds is 2. The summed E-state index contributed by atoms with van der Waals surface area (Å²) in [4.78, 5) is 14.9. The second-order valence-electron chi connectivity index (χ2n) is 6.53. The third kappa shape index (κ3) is 2.67. The Morgan fingerprint density at radius 2 is 2.09 bits per heavy atom. The molecule has 1 aromatic heterocycles. The molecule has 0 spiro atoms. The Bertz CT molecular complexity index is 727. The molecule has 1 aromatic carbocycles. The lowest BCUT2D eigenvalue weighted by molar-refractivity contribution is 0.0709. The van der Waals surface area contributed by atoms with Crippen LogP contribution in [0.2, 0.25) is 0 Å². The van der Waals surface area contributed by atoms with Gasteiger partial charge in [-0.3, -0.25) is 4.79 Å². The first-order valence-electron chi connectivity index (χ1n) is 8.43. The van der Waals surface area contributed by atoms with Crippen LogP contribution in [0.4, 0.5) is 0 Å². The lowest BCUT2D eigenvalue weighted by Gasteiger charge is -2.35. The van der Waals surface area contributed by atoms with Crippen LogP contribution in [0, 0.1) is 6.92 Å². The Morgan fingerprint density at radius 1 is 1.22 bits per heavy atom. The maximum Gasteiger partial charge on any atom is 0.285 e. The highest BCUT2D eigenvalue weighted by molar-refractivity contribution is 7.13. The van der Waals surface area contributed by atoms with Gasteiger partial charge in [0.2, 0.25) is 5.01 Å². The summed E-state index contributed by atoms with van der Waals surface area (Å²) in [6.45, 7) is 2.74. The number of carbonyl (C=O) groups is 1. The number of nitrogens with zero attached hydrogens (tertiary/aromatic N) is 3. The number of benzene rings is 1. The van der Waals surface area contributed by atoms with Crippen molar-refractivity contribution in [2.24, 2.45) is 0 Å². The van der Waals surface area contributed by atoms with Gasteiger partial charge in [-0.1, -0.05) is 35.6 Å². The molecule has 1 aliphatic heterocycles. The fraction of sp³-hybridized carbons (Fsp3) is 0.500. The molecule has 0 bridgehead atoms. The molecule has 2 heterocycles. The van der Waals surface area contributed by atoms with E-state index in [1.54, 1.807) is 0 Å². The Morgan fingerprint density at radius 3 is 2.91 bits per heavy atom. The second kappa shape index (κ2) is 6.04. The molecule has 0 N–H and O–H groups in total. The van der Waals surface area contributed by atoms with Crippen LogP contribution in [-0.2, 0) is 6.42 Å². The van der Waals surface area contributed by atoms with Gasteiger partial charge in [0.25, 0.3) is 5.91 Å². The van der Waals surface area contributed by atoms with Gasteiger partial charge in [0.1, 0.15) is 5.01 Å². The van der Waals surface area contributed by atoms with Crippen LogP contribution in [0.25, 0.3) is 0 Å². The summed E-state index contributed by atoms with van der Waals surface area (Å²) in [6, 6.07) is 9.08. The van der Waals surface area contributed by atoms with Crippen LogP contribution in [0.1, 0.15) is 57.5 Å². The molecule has 4 rings (SSSR count). The predicted octanol–water partition coefficient (Wildman–Crippen LogP) is 3.57. The molecule has 1 amide bonds. The first-order chi connectivity index (χ1) is 11.2. The summed E-state index contributed by atoms with van der Waals surface area (Å²) < 4.78 is 0. The second-order valence-corrected chi connectivity index (χ2v) is 7.71. The van der Waals surface area contributed by atoms with Crippen LogP contribution >= 0.6 is 11.3 Å². The summed E-state index contributed by atoms with van der Waals surface area (Å²) in [5, 5.41) is 9.46. The van der Waals surface area contributed by atoms with Crippen LogP contribution in [0.3, 0.4) is 0 Å². The van der Waals surface area contributed by atoms with E-state index in [2.05, 4.69) is 39.4 Å². The minimum atomic E-state index is 0.0705. The molecular formula is C18H21N3OS. The van der Waals surface area contributed by atoms with Crippen LogP contribution in [-0.4, -0.2) is 33.6 Å². The van der Waals surface area contributed by atoms with Crippen molar-refractivity contribution in [3.8, 4) is 0 Å². The lowest BCUT2D eigenvalue weighted by atomic mass is 9.78. The number of amides is 1. The highest BCUT2D eigenvalue weighted by atomic mass is 32.1. The largest absolute Gasteiger partial charge is 0.333 e. The smallest absolute Gasteiger partial charge is 0.285 e. The minimum Gasteiger partial charge on any atom is -0.333 e.